The SMILES string of the molecule is CCc1cccc(CC)c1NC(N)=NCC1(CCO)CCCCC1. The van der Waals surface area contributed by atoms with Gasteiger partial charge < -0.3 is 16.2 Å². The lowest BCUT2D eigenvalue weighted by atomic mass is 9.72. The summed E-state index contributed by atoms with van der Waals surface area (Å²) < 4.78 is 0. The molecule has 1 fully saturated rings. The number of aliphatic hydroxyl groups is 1. The van der Waals surface area contributed by atoms with Crippen molar-refractivity contribution < 1.29 is 5.11 Å². The zero-order chi connectivity index (χ0) is 17.4. The number of aliphatic hydroxyl groups excluding tert-OH is 1. The number of rotatable bonds is 7. The Balaban J connectivity index is 2.11. The van der Waals surface area contributed by atoms with E-state index in [0.29, 0.717) is 12.5 Å². The third-order valence-electron chi connectivity index (χ3n) is 5.39. The quantitative estimate of drug-likeness (QED) is 0.524. The number of nitrogens with zero attached hydrogens (tertiary/aromatic N) is 1. The summed E-state index contributed by atoms with van der Waals surface area (Å²) in [6, 6.07) is 6.39. The number of guanidine groups is 1. The van der Waals surface area contributed by atoms with E-state index >= 15 is 0 Å². The first-order valence-corrected chi connectivity index (χ1v) is 9.42. The van der Waals surface area contributed by atoms with Crippen LogP contribution in [0, 0.1) is 5.41 Å². The maximum absolute atomic E-state index is 9.43. The van der Waals surface area contributed by atoms with Gasteiger partial charge in [-0.1, -0.05) is 51.3 Å². The van der Waals surface area contributed by atoms with Gasteiger partial charge in [0.1, 0.15) is 0 Å². The summed E-state index contributed by atoms with van der Waals surface area (Å²) in [4.78, 5) is 4.66. The van der Waals surface area contributed by atoms with Crippen LogP contribution in [-0.4, -0.2) is 24.2 Å². The highest BCUT2D eigenvalue weighted by Gasteiger charge is 2.31. The van der Waals surface area contributed by atoms with Crippen LogP contribution < -0.4 is 11.1 Å². The van der Waals surface area contributed by atoms with Crippen molar-refractivity contribution in [2.24, 2.45) is 16.1 Å². The van der Waals surface area contributed by atoms with Crippen LogP contribution in [-0.2, 0) is 12.8 Å². The van der Waals surface area contributed by atoms with E-state index in [-0.39, 0.29) is 12.0 Å². The molecular formula is C20H33N3O. The highest BCUT2D eigenvalue weighted by atomic mass is 16.3. The van der Waals surface area contributed by atoms with Crippen molar-refractivity contribution in [2.45, 2.75) is 65.2 Å². The standard InChI is InChI=1S/C20H33N3O/c1-3-16-9-8-10-17(4-2)18(16)23-19(21)22-15-20(13-14-24)11-6-5-7-12-20/h8-10,24H,3-7,11-15H2,1-2H3,(H3,21,22,23). The number of para-hydroxylation sites is 1. The van der Waals surface area contributed by atoms with E-state index in [0.717, 1.165) is 37.8 Å². The van der Waals surface area contributed by atoms with E-state index in [1.165, 1.54) is 30.4 Å². The number of hydrogen-bond acceptors (Lipinski definition) is 2. The molecular weight excluding hydrogens is 298 g/mol. The molecule has 0 saturated heterocycles. The lowest BCUT2D eigenvalue weighted by Crippen LogP contribution is -2.32. The van der Waals surface area contributed by atoms with Crippen LogP contribution in [0.1, 0.15) is 63.5 Å². The van der Waals surface area contributed by atoms with Gasteiger partial charge in [0, 0.05) is 18.8 Å². The summed E-state index contributed by atoms with van der Waals surface area (Å²) in [7, 11) is 0. The van der Waals surface area contributed by atoms with Crippen LogP contribution in [0.25, 0.3) is 0 Å². The first-order valence-electron chi connectivity index (χ1n) is 9.42. The Morgan fingerprint density at radius 3 is 2.33 bits per heavy atom. The van der Waals surface area contributed by atoms with Crippen LogP contribution in [0.4, 0.5) is 5.69 Å². The van der Waals surface area contributed by atoms with Crippen molar-refractivity contribution in [3.8, 4) is 0 Å². The summed E-state index contributed by atoms with van der Waals surface area (Å²) in [5.41, 5.74) is 10.00. The van der Waals surface area contributed by atoms with Crippen molar-refractivity contribution in [2.75, 3.05) is 18.5 Å². The summed E-state index contributed by atoms with van der Waals surface area (Å²) in [5, 5.41) is 12.8. The van der Waals surface area contributed by atoms with Crippen molar-refractivity contribution in [3.05, 3.63) is 29.3 Å². The molecule has 0 atom stereocenters. The topological polar surface area (TPSA) is 70.6 Å². The molecule has 4 nitrogen and oxygen atoms in total. The molecule has 1 saturated carbocycles. The van der Waals surface area contributed by atoms with E-state index in [9.17, 15) is 5.11 Å². The minimum atomic E-state index is 0.136. The minimum absolute atomic E-state index is 0.136. The van der Waals surface area contributed by atoms with E-state index in [1.807, 2.05) is 0 Å². The van der Waals surface area contributed by atoms with Gasteiger partial charge in [-0.2, -0.15) is 0 Å². The first-order chi connectivity index (χ1) is 11.6. The minimum Gasteiger partial charge on any atom is -0.396 e. The number of nitrogens with one attached hydrogen (secondary N) is 1. The number of hydrogen-bond donors (Lipinski definition) is 3. The summed E-state index contributed by atoms with van der Waals surface area (Å²) in [5.74, 6) is 0.494. The molecule has 0 bridgehead atoms. The molecule has 0 aliphatic heterocycles. The van der Waals surface area contributed by atoms with E-state index in [2.05, 4.69) is 42.4 Å². The molecule has 0 amide bonds. The van der Waals surface area contributed by atoms with Gasteiger partial charge in [0.25, 0.3) is 0 Å². The van der Waals surface area contributed by atoms with E-state index in [4.69, 9.17) is 5.73 Å². The number of anilines is 1. The fourth-order valence-corrected chi connectivity index (χ4v) is 3.85. The molecule has 2 rings (SSSR count). The maximum atomic E-state index is 9.43. The first kappa shape index (κ1) is 18.8. The Kier molecular flexibility index (Phi) is 7.10. The number of nitrogens with two attached hydrogens (primary N) is 1. The second-order valence-corrected chi connectivity index (χ2v) is 7.02. The lowest BCUT2D eigenvalue weighted by Gasteiger charge is -2.35. The molecule has 0 aromatic heterocycles. The third-order valence-corrected chi connectivity index (χ3v) is 5.39. The molecule has 24 heavy (non-hydrogen) atoms. The number of benzene rings is 1. The van der Waals surface area contributed by atoms with Crippen LogP contribution in [0.2, 0.25) is 0 Å². The molecule has 4 heteroatoms. The Morgan fingerprint density at radius 1 is 1.17 bits per heavy atom. The Morgan fingerprint density at radius 2 is 1.79 bits per heavy atom. The fourth-order valence-electron chi connectivity index (χ4n) is 3.85. The molecule has 4 N–H and O–H groups in total. The normalized spacial score (nSPS) is 17.7. The van der Waals surface area contributed by atoms with Gasteiger partial charge in [-0.05, 0) is 48.6 Å². The molecule has 1 aromatic carbocycles. The zero-order valence-electron chi connectivity index (χ0n) is 15.3. The van der Waals surface area contributed by atoms with Crippen molar-refractivity contribution in [1.29, 1.82) is 0 Å². The highest BCUT2D eigenvalue weighted by molar-refractivity contribution is 5.93. The monoisotopic (exact) mass is 331 g/mol. The Bertz CT molecular complexity index is 520. The number of aryl methyl sites for hydroxylation is 2. The lowest BCUT2D eigenvalue weighted by molar-refractivity contribution is 0.137. The molecule has 0 radical (unpaired) electrons. The van der Waals surface area contributed by atoms with Gasteiger partial charge in [0.2, 0.25) is 0 Å². The van der Waals surface area contributed by atoms with Crippen LogP contribution in [0.3, 0.4) is 0 Å². The Hall–Kier alpha value is -1.55. The number of aliphatic imine (C=N–C) groups is 1. The summed E-state index contributed by atoms with van der Waals surface area (Å²) in [6.45, 7) is 5.26. The van der Waals surface area contributed by atoms with Gasteiger partial charge >= 0.3 is 0 Å². The molecule has 1 aromatic rings. The average molecular weight is 332 g/mol. The van der Waals surface area contributed by atoms with Crippen LogP contribution >= 0.6 is 0 Å². The van der Waals surface area contributed by atoms with Crippen LogP contribution in [0.5, 0.6) is 0 Å². The fraction of sp³-hybridized carbons (Fsp3) is 0.650. The summed E-state index contributed by atoms with van der Waals surface area (Å²) >= 11 is 0. The Labute approximate surface area is 146 Å². The smallest absolute Gasteiger partial charge is 0.193 e. The molecule has 1 aliphatic carbocycles. The van der Waals surface area contributed by atoms with Gasteiger partial charge in [0.15, 0.2) is 5.96 Å². The third kappa shape index (κ3) is 4.73. The predicted molar refractivity (Wildman–Crippen MR) is 103 cm³/mol. The van der Waals surface area contributed by atoms with Crippen molar-refractivity contribution in [1.82, 2.24) is 0 Å². The average Bonchev–Trinajstić information content (AvgIpc) is 2.61. The van der Waals surface area contributed by atoms with Crippen molar-refractivity contribution >= 4 is 11.6 Å². The predicted octanol–water partition coefficient (Wildman–Crippen LogP) is 3.87. The highest BCUT2D eigenvalue weighted by Crippen LogP contribution is 2.39. The van der Waals surface area contributed by atoms with E-state index < -0.39 is 0 Å². The molecule has 0 unspecified atom stereocenters. The molecule has 0 heterocycles. The molecule has 0 spiro atoms. The summed E-state index contributed by atoms with van der Waals surface area (Å²) in [6.07, 6.45) is 8.84. The van der Waals surface area contributed by atoms with Gasteiger partial charge in [-0.3, -0.25) is 4.99 Å². The van der Waals surface area contributed by atoms with Gasteiger partial charge in [-0.25, -0.2) is 0 Å². The van der Waals surface area contributed by atoms with Gasteiger partial charge in [0.05, 0.1) is 0 Å². The maximum Gasteiger partial charge on any atom is 0.193 e. The van der Waals surface area contributed by atoms with Crippen LogP contribution in [0.15, 0.2) is 23.2 Å². The molecule has 1 aliphatic rings. The van der Waals surface area contributed by atoms with E-state index in [1.54, 1.807) is 0 Å². The van der Waals surface area contributed by atoms with Crippen molar-refractivity contribution in [3.63, 3.8) is 0 Å². The van der Waals surface area contributed by atoms with Gasteiger partial charge in [-0.15, -0.1) is 0 Å². The second-order valence-electron chi connectivity index (χ2n) is 7.02. The zero-order valence-corrected chi connectivity index (χ0v) is 15.3. The second kappa shape index (κ2) is 9.07. The largest absolute Gasteiger partial charge is 0.396 e. The molecule has 134 valence electrons.